The van der Waals surface area contributed by atoms with Crippen LogP contribution in [0.2, 0.25) is 0 Å². The van der Waals surface area contributed by atoms with Gasteiger partial charge in [0, 0.05) is 30.0 Å². The van der Waals surface area contributed by atoms with Crippen LogP contribution in [0.4, 0.5) is 11.4 Å². The summed E-state index contributed by atoms with van der Waals surface area (Å²) in [6.07, 6.45) is 2.48. The zero-order valence-electron chi connectivity index (χ0n) is 16.2. The second-order valence-electron chi connectivity index (χ2n) is 7.16. The topological polar surface area (TPSA) is 75.9 Å². The maximum atomic E-state index is 12.7. The normalized spacial score (nSPS) is 14.9. The molecule has 144 valence electrons. The maximum absolute atomic E-state index is 12.7. The summed E-state index contributed by atoms with van der Waals surface area (Å²) >= 11 is 0. The molecule has 28 heavy (non-hydrogen) atoms. The van der Waals surface area contributed by atoms with E-state index in [0.29, 0.717) is 5.82 Å². The highest BCUT2D eigenvalue weighted by atomic mass is 16.2. The Morgan fingerprint density at radius 3 is 2.57 bits per heavy atom. The third-order valence-electron chi connectivity index (χ3n) is 5.13. The highest BCUT2D eigenvalue weighted by Gasteiger charge is 2.20. The molecule has 2 heterocycles. The lowest BCUT2D eigenvalue weighted by Gasteiger charge is -2.20. The van der Waals surface area contributed by atoms with E-state index in [-0.39, 0.29) is 5.91 Å². The van der Waals surface area contributed by atoms with E-state index in [4.69, 9.17) is 0 Å². The number of amides is 1. The van der Waals surface area contributed by atoms with Crippen LogP contribution in [-0.2, 0) is 4.79 Å². The summed E-state index contributed by atoms with van der Waals surface area (Å²) in [6, 6.07) is 15.2. The lowest BCUT2D eigenvalue weighted by atomic mass is 10.1. The minimum atomic E-state index is -0.567. The fourth-order valence-corrected chi connectivity index (χ4v) is 3.39. The zero-order valence-corrected chi connectivity index (χ0v) is 16.2. The van der Waals surface area contributed by atoms with Gasteiger partial charge in [0.15, 0.2) is 0 Å². The highest BCUT2D eigenvalue weighted by Crippen LogP contribution is 2.26. The van der Waals surface area contributed by atoms with Crippen molar-refractivity contribution in [1.82, 2.24) is 20.2 Å². The van der Waals surface area contributed by atoms with Crippen LogP contribution < -0.4 is 10.2 Å². The van der Waals surface area contributed by atoms with Crippen LogP contribution in [0, 0.1) is 6.92 Å². The number of aromatic nitrogens is 4. The fourth-order valence-electron chi connectivity index (χ4n) is 3.39. The Morgan fingerprint density at radius 1 is 1.11 bits per heavy atom. The quantitative estimate of drug-likeness (QED) is 0.738. The third kappa shape index (κ3) is 3.74. The second-order valence-corrected chi connectivity index (χ2v) is 7.16. The number of aryl methyl sites for hydroxylation is 1. The van der Waals surface area contributed by atoms with E-state index in [1.165, 1.54) is 23.3 Å². The summed E-state index contributed by atoms with van der Waals surface area (Å²) in [6.45, 7) is 5.98. The molecular formula is C21H24N6O. The number of anilines is 2. The molecular weight excluding hydrogens is 352 g/mol. The van der Waals surface area contributed by atoms with Crippen molar-refractivity contribution in [2.45, 2.75) is 32.7 Å². The molecule has 1 aromatic heterocycles. The molecule has 0 radical (unpaired) electrons. The molecule has 1 saturated heterocycles. The molecule has 1 N–H and O–H groups in total. The van der Waals surface area contributed by atoms with Gasteiger partial charge in [-0.15, -0.1) is 10.2 Å². The molecule has 1 atom stereocenters. The number of tetrazole rings is 1. The van der Waals surface area contributed by atoms with Gasteiger partial charge in [0.2, 0.25) is 5.82 Å². The number of benzene rings is 2. The number of carbonyl (C=O) groups is 1. The van der Waals surface area contributed by atoms with Crippen molar-refractivity contribution in [2.24, 2.45) is 0 Å². The predicted molar refractivity (Wildman–Crippen MR) is 109 cm³/mol. The number of hydrogen-bond acceptors (Lipinski definition) is 5. The largest absolute Gasteiger partial charge is 0.372 e. The van der Waals surface area contributed by atoms with E-state index in [0.717, 1.165) is 29.9 Å². The van der Waals surface area contributed by atoms with E-state index in [1.807, 2.05) is 43.3 Å². The molecule has 2 aromatic carbocycles. The van der Waals surface area contributed by atoms with Crippen LogP contribution in [0.15, 0.2) is 48.5 Å². The van der Waals surface area contributed by atoms with E-state index in [1.54, 1.807) is 6.92 Å². The maximum Gasteiger partial charge on any atom is 0.250 e. The average molecular weight is 376 g/mol. The van der Waals surface area contributed by atoms with Crippen molar-refractivity contribution in [1.29, 1.82) is 0 Å². The first-order chi connectivity index (χ1) is 13.6. The lowest BCUT2D eigenvalue weighted by molar-refractivity contribution is -0.119. The Morgan fingerprint density at radius 2 is 1.86 bits per heavy atom. The third-order valence-corrected chi connectivity index (χ3v) is 5.13. The van der Waals surface area contributed by atoms with Gasteiger partial charge in [0.1, 0.15) is 6.04 Å². The van der Waals surface area contributed by atoms with Gasteiger partial charge < -0.3 is 10.2 Å². The van der Waals surface area contributed by atoms with Crippen molar-refractivity contribution < 1.29 is 4.79 Å². The Bertz CT molecular complexity index is 962. The molecule has 0 spiro atoms. The van der Waals surface area contributed by atoms with Gasteiger partial charge in [-0.2, -0.15) is 4.80 Å². The first-order valence-electron chi connectivity index (χ1n) is 9.63. The van der Waals surface area contributed by atoms with Crippen LogP contribution >= 0.6 is 0 Å². The molecule has 7 heteroatoms. The second kappa shape index (κ2) is 7.80. The molecule has 1 amide bonds. The molecule has 3 aromatic rings. The Labute approximate surface area is 164 Å². The molecule has 4 rings (SSSR count). The SMILES string of the molecule is Cc1cc(N2CCCC2)ccc1NC(=O)C(C)n1nnc(-c2ccccc2)n1. The summed E-state index contributed by atoms with van der Waals surface area (Å²) in [4.78, 5) is 16.4. The summed E-state index contributed by atoms with van der Waals surface area (Å²) in [5, 5.41) is 15.5. The van der Waals surface area contributed by atoms with Gasteiger partial charge >= 0.3 is 0 Å². The van der Waals surface area contributed by atoms with Crippen LogP contribution in [0.3, 0.4) is 0 Å². The number of carbonyl (C=O) groups excluding carboxylic acids is 1. The first-order valence-corrected chi connectivity index (χ1v) is 9.63. The van der Waals surface area contributed by atoms with E-state index >= 15 is 0 Å². The van der Waals surface area contributed by atoms with Gasteiger partial charge in [-0.25, -0.2) is 0 Å². The average Bonchev–Trinajstić information content (AvgIpc) is 3.42. The van der Waals surface area contributed by atoms with Gasteiger partial charge in [0.05, 0.1) is 0 Å². The molecule has 0 saturated carbocycles. The lowest BCUT2D eigenvalue weighted by Crippen LogP contribution is -2.26. The predicted octanol–water partition coefficient (Wildman–Crippen LogP) is 3.45. The van der Waals surface area contributed by atoms with E-state index in [9.17, 15) is 4.79 Å². The molecule has 1 fully saturated rings. The van der Waals surface area contributed by atoms with Crippen LogP contribution in [0.1, 0.15) is 31.4 Å². The molecule has 1 aliphatic heterocycles. The molecule has 0 aliphatic carbocycles. The number of nitrogens with zero attached hydrogens (tertiary/aromatic N) is 5. The number of hydrogen-bond donors (Lipinski definition) is 1. The van der Waals surface area contributed by atoms with Crippen molar-refractivity contribution >= 4 is 17.3 Å². The monoisotopic (exact) mass is 376 g/mol. The van der Waals surface area contributed by atoms with E-state index in [2.05, 4.69) is 37.8 Å². The standard InChI is InChI=1S/C21H24N6O/c1-15-14-18(26-12-6-7-13-26)10-11-19(15)22-21(28)16(2)27-24-20(23-25-27)17-8-4-3-5-9-17/h3-5,8-11,14,16H,6-7,12-13H2,1-2H3,(H,22,28). The van der Waals surface area contributed by atoms with Gasteiger partial charge in [-0.1, -0.05) is 30.3 Å². The van der Waals surface area contributed by atoms with Gasteiger partial charge in [0.25, 0.3) is 5.91 Å². The molecule has 1 aliphatic rings. The summed E-state index contributed by atoms with van der Waals surface area (Å²) in [5.41, 5.74) is 3.94. The molecule has 0 bridgehead atoms. The summed E-state index contributed by atoms with van der Waals surface area (Å²) in [5.74, 6) is 0.334. The smallest absolute Gasteiger partial charge is 0.250 e. The van der Waals surface area contributed by atoms with Crippen LogP contribution in [0.5, 0.6) is 0 Å². The zero-order chi connectivity index (χ0) is 19.5. The van der Waals surface area contributed by atoms with Crippen molar-refractivity contribution in [3.8, 4) is 11.4 Å². The Kier molecular flexibility index (Phi) is 5.06. The Balaban J connectivity index is 1.45. The minimum Gasteiger partial charge on any atom is -0.372 e. The van der Waals surface area contributed by atoms with Crippen molar-refractivity contribution in [3.63, 3.8) is 0 Å². The summed E-state index contributed by atoms with van der Waals surface area (Å²) in [7, 11) is 0. The minimum absolute atomic E-state index is 0.172. The molecule has 1 unspecified atom stereocenters. The molecule has 7 nitrogen and oxygen atoms in total. The van der Waals surface area contributed by atoms with Crippen molar-refractivity contribution in [3.05, 3.63) is 54.1 Å². The fraction of sp³-hybridized carbons (Fsp3) is 0.333. The van der Waals surface area contributed by atoms with Gasteiger partial charge in [-0.05, 0) is 55.7 Å². The Hall–Kier alpha value is -3.22. The van der Waals surface area contributed by atoms with Gasteiger partial charge in [-0.3, -0.25) is 4.79 Å². The van der Waals surface area contributed by atoms with Crippen molar-refractivity contribution in [2.75, 3.05) is 23.3 Å². The van der Waals surface area contributed by atoms with Crippen LogP contribution in [-0.4, -0.2) is 39.2 Å². The first kappa shape index (κ1) is 18.2. The summed E-state index contributed by atoms with van der Waals surface area (Å²) < 4.78 is 0. The number of nitrogens with one attached hydrogen (secondary N) is 1. The van der Waals surface area contributed by atoms with Crippen LogP contribution in [0.25, 0.3) is 11.4 Å². The van der Waals surface area contributed by atoms with E-state index < -0.39 is 6.04 Å². The number of rotatable bonds is 5. The highest BCUT2D eigenvalue weighted by molar-refractivity contribution is 5.94.